The first kappa shape index (κ1) is 13.7. The largest absolute Gasteiger partial charge is 0.490 e. The Labute approximate surface area is 117 Å². The third-order valence-corrected chi connectivity index (χ3v) is 3.06. The number of anilines is 1. The van der Waals surface area contributed by atoms with E-state index in [9.17, 15) is 0 Å². The van der Waals surface area contributed by atoms with Crippen molar-refractivity contribution in [3.63, 3.8) is 0 Å². The molecule has 1 aromatic heterocycles. The lowest BCUT2D eigenvalue weighted by molar-refractivity contribution is 0.287. The van der Waals surface area contributed by atoms with Crippen LogP contribution in [-0.4, -0.2) is 21.6 Å². The average Bonchev–Trinajstić information content (AvgIpc) is 2.74. The Morgan fingerprint density at radius 3 is 2.89 bits per heavy atom. The van der Waals surface area contributed by atoms with E-state index in [0.717, 1.165) is 18.5 Å². The van der Waals surface area contributed by atoms with Crippen LogP contribution in [0.15, 0.2) is 24.3 Å². The van der Waals surface area contributed by atoms with Crippen molar-refractivity contribution in [3.8, 4) is 5.75 Å². The van der Waals surface area contributed by atoms with Crippen molar-refractivity contribution < 1.29 is 4.74 Å². The second kappa shape index (κ2) is 6.43. The minimum atomic E-state index is 0.475. The summed E-state index contributed by atoms with van der Waals surface area (Å²) < 4.78 is 7.41. The second-order valence-electron chi connectivity index (χ2n) is 4.17. The molecule has 0 unspecified atom stereocenters. The zero-order valence-electron chi connectivity index (χ0n) is 10.8. The van der Waals surface area contributed by atoms with E-state index in [-0.39, 0.29) is 0 Å². The van der Waals surface area contributed by atoms with Crippen molar-refractivity contribution in [3.05, 3.63) is 35.0 Å². The number of nitrogens with two attached hydrogens (primary N) is 1. The van der Waals surface area contributed by atoms with Gasteiger partial charge in [0.1, 0.15) is 12.4 Å². The van der Waals surface area contributed by atoms with Crippen molar-refractivity contribution >= 4 is 17.4 Å². The van der Waals surface area contributed by atoms with Gasteiger partial charge in [0, 0.05) is 0 Å². The summed E-state index contributed by atoms with van der Waals surface area (Å²) in [5, 5.41) is 8.51. The highest BCUT2D eigenvalue weighted by Crippen LogP contribution is 2.23. The molecule has 1 heterocycles. The molecular weight excluding hydrogens is 264 g/mol. The first-order chi connectivity index (χ1) is 9.22. The maximum atomic E-state index is 6.01. The highest BCUT2D eigenvalue weighted by Gasteiger charge is 2.09. The molecule has 0 aliphatic carbocycles. The lowest BCUT2D eigenvalue weighted by atomic mass is 10.2. The van der Waals surface area contributed by atoms with Crippen LogP contribution < -0.4 is 10.5 Å². The Bertz CT molecular complexity index is 541. The molecule has 2 N–H and O–H groups in total. The van der Waals surface area contributed by atoms with Crippen molar-refractivity contribution in [1.82, 2.24) is 15.0 Å². The van der Waals surface area contributed by atoms with E-state index in [1.54, 1.807) is 10.7 Å². The Hall–Kier alpha value is -1.75. The molecule has 0 fully saturated rings. The van der Waals surface area contributed by atoms with Gasteiger partial charge in [0.15, 0.2) is 5.82 Å². The standard InChI is InChI=1S/C13H17ClN4O/c1-2-5-11-13(15)16-17-18(11)8-9-19-12-7-4-3-6-10(12)14/h3-4,6-7H,2,5,8-9,15H2,1H3. The van der Waals surface area contributed by atoms with Crippen LogP contribution in [0.3, 0.4) is 0 Å². The normalized spacial score (nSPS) is 10.6. The Morgan fingerprint density at radius 2 is 2.16 bits per heavy atom. The second-order valence-corrected chi connectivity index (χ2v) is 4.58. The summed E-state index contributed by atoms with van der Waals surface area (Å²) in [6.07, 6.45) is 1.87. The van der Waals surface area contributed by atoms with E-state index >= 15 is 0 Å². The number of hydrogen-bond acceptors (Lipinski definition) is 4. The van der Waals surface area contributed by atoms with Crippen LogP contribution in [0, 0.1) is 0 Å². The lowest BCUT2D eigenvalue weighted by Crippen LogP contribution is -2.13. The van der Waals surface area contributed by atoms with Gasteiger partial charge in [0.2, 0.25) is 0 Å². The molecule has 5 nitrogen and oxygen atoms in total. The van der Waals surface area contributed by atoms with Gasteiger partial charge >= 0.3 is 0 Å². The number of para-hydroxylation sites is 1. The third-order valence-electron chi connectivity index (χ3n) is 2.75. The number of ether oxygens (including phenoxy) is 1. The van der Waals surface area contributed by atoms with Gasteiger partial charge in [0.25, 0.3) is 0 Å². The molecule has 102 valence electrons. The summed E-state index contributed by atoms with van der Waals surface area (Å²) >= 11 is 6.01. The van der Waals surface area contributed by atoms with E-state index in [0.29, 0.717) is 29.7 Å². The molecule has 2 rings (SSSR count). The van der Waals surface area contributed by atoms with Gasteiger partial charge in [0.05, 0.1) is 17.3 Å². The molecule has 0 saturated heterocycles. The van der Waals surface area contributed by atoms with Crippen LogP contribution in [-0.2, 0) is 13.0 Å². The van der Waals surface area contributed by atoms with Gasteiger partial charge in [-0.1, -0.05) is 42.3 Å². The molecule has 0 aliphatic heterocycles. The molecule has 0 atom stereocenters. The molecule has 1 aromatic carbocycles. The highest BCUT2D eigenvalue weighted by molar-refractivity contribution is 6.32. The number of hydrogen-bond donors (Lipinski definition) is 1. The maximum Gasteiger partial charge on any atom is 0.169 e. The molecule has 0 spiro atoms. The summed E-state index contributed by atoms with van der Waals surface area (Å²) in [6, 6.07) is 7.39. The fourth-order valence-electron chi connectivity index (χ4n) is 1.82. The molecule has 0 amide bonds. The summed E-state index contributed by atoms with van der Waals surface area (Å²) in [6.45, 7) is 3.17. The zero-order chi connectivity index (χ0) is 13.7. The van der Waals surface area contributed by atoms with Crippen LogP contribution in [0.5, 0.6) is 5.75 Å². The molecule has 0 saturated carbocycles. The van der Waals surface area contributed by atoms with E-state index in [4.69, 9.17) is 22.1 Å². The zero-order valence-corrected chi connectivity index (χ0v) is 11.6. The molecule has 0 aliphatic rings. The van der Waals surface area contributed by atoms with Gasteiger partial charge in [-0.25, -0.2) is 4.68 Å². The van der Waals surface area contributed by atoms with Gasteiger partial charge in [-0.05, 0) is 18.6 Å². The molecule has 2 aromatic rings. The minimum Gasteiger partial charge on any atom is -0.490 e. The minimum absolute atomic E-state index is 0.475. The number of rotatable bonds is 6. The fraction of sp³-hybridized carbons (Fsp3) is 0.385. The first-order valence-corrected chi connectivity index (χ1v) is 6.65. The molecule has 6 heteroatoms. The van der Waals surface area contributed by atoms with Gasteiger partial charge in [-0.2, -0.15) is 0 Å². The summed E-state index contributed by atoms with van der Waals surface area (Å²) in [5.74, 6) is 1.17. The van der Waals surface area contributed by atoms with Crippen molar-refractivity contribution in [2.24, 2.45) is 0 Å². The number of benzene rings is 1. The van der Waals surface area contributed by atoms with Crippen molar-refractivity contribution in [2.75, 3.05) is 12.3 Å². The van der Waals surface area contributed by atoms with E-state index < -0.39 is 0 Å². The number of nitrogen functional groups attached to an aromatic ring is 1. The van der Waals surface area contributed by atoms with Crippen molar-refractivity contribution in [2.45, 2.75) is 26.3 Å². The summed E-state index contributed by atoms with van der Waals surface area (Å²) in [4.78, 5) is 0. The topological polar surface area (TPSA) is 66.0 Å². The monoisotopic (exact) mass is 280 g/mol. The predicted molar refractivity (Wildman–Crippen MR) is 75.4 cm³/mol. The quantitative estimate of drug-likeness (QED) is 0.883. The number of aromatic nitrogens is 3. The van der Waals surface area contributed by atoms with Gasteiger partial charge < -0.3 is 10.5 Å². The van der Waals surface area contributed by atoms with Gasteiger partial charge in [-0.3, -0.25) is 0 Å². The SMILES string of the molecule is CCCc1c(N)nnn1CCOc1ccccc1Cl. The van der Waals surface area contributed by atoms with Crippen molar-refractivity contribution in [1.29, 1.82) is 0 Å². The van der Waals surface area contributed by atoms with Crippen LogP contribution in [0.1, 0.15) is 19.0 Å². The average molecular weight is 281 g/mol. The van der Waals surface area contributed by atoms with Crippen LogP contribution >= 0.6 is 11.6 Å². The predicted octanol–water partition coefficient (Wildman–Crippen LogP) is 2.55. The van der Waals surface area contributed by atoms with E-state index in [2.05, 4.69) is 17.2 Å². The highest BCUT2D eigenvalue weighted by atomic mass is 35.5. The van der Waals surface area contributed by atoms with E-state index in [1.165, 1.54) is 0 Å². The lowest BCUT2D eigenvalue weighted by Gasteiger charge is -2.09. The number of halogens is 1. The first-order valence-electron chi connectivity index (χ1n) is 6.27. The Balaban J connectivity index is 1.94. The summed E-state index contributed by atoms with van der Waals surface area (Å²) in [7, 11) is 0. The molecule has 0 bridgehead atoms. The molecular formula is C13H17ClN4O. The fourth-order valence-corrected chi connectivity index (χ4v) is 2.01. The van der Waals surface area contributed by atoms with Crippen LogP contribution in [0.2, 0.25) is 5.02 Å². The maximum absolute atomic E-state index is 6.01. The van der Waals surface area contributed by atoms with E-state index in [1.807, 2.05) is 18.2 Å². The number of nitrogens with zero attached hydrogens (tertiary/aromatic N) is 3. The molecule has 19 heavy (non-hydrogen) atoms. The summed E-state index contributed by atoms with van der Waals surface area (Å²) in [5.41, 5.74) is 6.74. The van der Waals surface area contributed by atoms with Crippen LogP contribution in [0.25, 0.3) is 0 Å². The van der Waals surface area contributed by atoms with Gasteiger partial charge in [-0.15, -0.1) is 5.10 Å². The Kier molecular flexibility index (Phi) is 4.63. The smallest absolute Gasteiger partial charge is 0.169 e. The Morgan fingerprint density at radius 1 is 1.37 bits per heavy atom. The molecule has 0 radical (unpaired) electrons. The van der Waals surface area contributed by atoms with Crippen LogP contribution in [0.4, 0.5) is 5.82 Å². The third kappa shape index (κ3) is 3.38.